The number of anilines is 4. The minimum Gasteiger partial charge on any atom is -0.360 e. The topological polar surface area (TPSA) is 116 Å². The van der Waals surface area contributed by atoms with Crippen molar-refractivity contribution in [3.05, 3.63) is 289 Å². The summed E-state index contributed by atoms with van der Waals surface area (Å²) >= 11 is 0. The van der Waals surface area contributed by atoms with E-state index in [1.165, 1.54) is 0 Å². The van der Waals surface area contributed by atoms with E-state index in [0.717, 1.165) is 68.3 Å². The van der Waals surface area contributed by atoms with Crippen molar-refractivity contribution >= 4 is 38.4 Å². The molecule has 0 radical (unpaired) electrons. The minimum atomic E-state index is -10.7. The first-order valence-electron chi connectivity index (χ1n) is 26.1. The Morgan fingerprint density at radius 1 is 0.207 bits per heavy atom. The van der Waals surface area contributed by atoms with Gasteiger partial charge in [0.2, 0.25) is 0 Å². The average Bonchev–Trinajstić information content (AvgIpc) is 3.37. The molecule has 456 valence electrons. The van der Waals surface area contributed by atoms with E-state index >= 15 is 0 Å². The van der Waals surface area contributed by atoms with Crippen molar-refractivity contribution in [3.63, 3.8) is 0 Å². The van der Waals surface area contributed by atoms with Crippen molar-refractivity contribution in [2.24, 2.45) is 0 Å². The molecule has 87 heavy (non-hydrogen) atoms. The Bertz CT molecular complexity index is 2940. The van der Waals surface area contributed by atoms with E-state index in [9.17, 15) is 50.4 Å². The summed E-state index contributed by atoms with van der Waals surface area (Å²) in [4.78, 5) is 45.5. The first-order chi connectivity index (χ1) is 40.6. The van der Waals surface area contributed by atoms with E-state index in [1.54, 1.807) is 0 Å². The summed E-state index contributed by atoms with van der Waals surface area (Å²) in [5.74, 6) is 0. The third-order valence-corrected chi connectivity index (χ3v) is 11.8. The molecule has 0 saturated heterocycles. The third kappa shape index (κ3) is 29.0. The molecule has 0 unspecified atom stereocenters. The van der Waals surface area contributed by atoms with Gasteiger partial charge in [-0.1, -0.05) is 48.5 Å². The fraction of sp³-hybridized carbons (Fsp3) is 0.133. The molecule has 0 aliphatic rings. The van der Waals surface area contributed by atoms with Gasteiger partial charge in [0.15, 0.2) is 0 Å². The largest absolute Gasteiger partial charge is 4.00 e. The van der Waals surface area contributed by atoms with Gasteiger partial charge in [-0.05, 0) is 146 Å². The van der Waals surface area contributed by atoms with Crippen molar-refractivity contribution in [2.45, 2.75) is 52.4 Å². The first kappa shape index (κ1) is 67.6. The molecule has 10 rings (SSSR count). The van der Waals surface area contributed by atoms with Crippen LogP contribution >= 0.6 is 15.6 Å². The molecule has 0 saturated carbocycles. The van der Waals surface area contributed by atoms with Crippen LogP contribution in [0, 0.1) is 0 Å². The molecule has 0 spiro atoms. The van der Waals surface area contributed by atoms with Crippen LogP contribution in [0.4, 0.5) is 73.1 Å². The van der Waals surface area contributed by atoms with Gasteiger partial charge in [-0.2, -0.15) is 0 Å². The Morgan fingerprint density at radius 2 is 0.322 bits per heavy atom. The van der Waals surface area contributed by atoms with Crippen LogP contribution in [-0.4, -0.2) is 39.9 Å². The molecular formula is C60H56F12N12P2Ru+2. The van der Waals surface area contributed by atoms with Crippen LogP contribution in [0.5, 0.6) is 0 Å². The molecule has 0 aliphatic carbocycles. The second-order valence-electron chi connectivity index (χ2n) is 18.9. The van der Waals surface area contributed by atoms with E-state index in [4.69, 9.17) is 0 Å². The number of halogens is 12. The second-order valence-corrected chi connectivity index (χ2v) is 22.8. The summed E-state index contributed by atoms with van der Waals surface area (Å²) in [7, 11) is -21.3. The van der Waals surface area contributed by atoms with Crippen molar-refractivity contribution in [1.82, 2.24) is 39.9 Å². The predicted molar refractivity (Wildman–Crippen MR) is 313 cm³/mol. The SMILES string of the molecule is F[P-](F)(F)(F)(F)F.F[P-](F)(F)(F)(F)F.[Ru+4].c1ccc(CN(Cc2ccccn2)c2ccc(N(Cc3ccccn3)Cc3ccccn3)cc2)nc1.c1ccc(CN(Cc2ccccn2)c2ccc(N(Cc3ccccn3)Cc3ccccn3)cc2)nc1. The molecule has 8 aromatic heterocycles. The van der Waals surface area contributed by atoms with Crippen LogP contribution in [0.1, 0.15) is 45.6 Å². The van der Waals surface area contributed by atoms with E-state index in [2.05, 4.69) is 157 Å². The normalized spacial score (nSPS) is 12.6. The minimum absolute atomic E-state index is 0. The second kappa shape index (κ2) is 28.8. The Kier molecular flexibility index (Phi) is 22.4. The number of hydrogen-bond acceptors (Lipinski definition) is 12. The Morgan fingerprint density at radius 3 is 0.414 bits per heavy atom. The van der Waals surface area contributed by atoms with Crippen molar-refractivity contribution in [1.29, 1.82) is 0 Å². The smallest absolute Gasteiger partial charge is 0.360 e. The quantitative estimate of drug-likeness (QED) is 0.0411. The summed E-state index contributed by atoms with van der Waals surface area (Å²) in [6.07, 6.45) is 14.7. The number of benzene rings is 2. The van der Waals surface area contributed by atoms with Crippen LogP contribution in [0.15, 0.2) is 244 Å². The molecule has 0 atom stereocenters. The maximum absolute atomic E-state index is 10.7. The number of pyridine rings is 8. The number of nitrogens with zero attached hydrogens (tertiary/aromatic N) is 12. The van der Waals surface area contributed by atoms with Gasteiger partial charge in [-0.25, -0.2) is 0 Å². The fourth-order valence-corrected chi connectivity index (χ4v) is 8.20. The van der Waals surface area contributed by atoms with E-state index in [1.807, 2.05) is 147 Å². The van der Waals surface area contributed by atoms with Crippen LogP contribution in [0.25, 0.3) is 0 Å². The van der Waals surface area contributed by atoms with Gasteiger partial charge in [-0.3, -0.25) is 39.9 Å². The summed E-state index contributed by atoms with van der Waals surface area (Å²) in [6.45, 7) is 5.57. The molecule has 2 aromatic carbocycles. The van der Waals surface area contributed by atoms with Crippen LogP contribution in [0.3, 0.4) is 0 Å². The summed E-state index contributed by atoms with van der Waals surface area (Å²) in [6, 6.07) is 65.6. The van der Waals surface area contributed by atoms with E-state index in [0.29, 0.717) is 52.4 Å². The average molecular weight is 1340 g/mol. The van der Waals surface area contributed by atoms with Gasteiger partial charge < -0.3 is 19.6 Å². The third-order valence-electron chi connectivity index (χ3n) is 11.8. The van der Waals surface area contributed by atoms with Crippen LogP contribution < -0.4 is 19.6 Å². The molecule has 10 aromatic rings. The number of aromatic nitrogens is 8. The van der Waals surface area contributed by atoms with Crippen LogP contribution in [-0.2, 0) is 71.8 Å². The summed E-state index contributed by atoms with van der Waals surface area (Å²) in [5.41, 5.74) is 12.6. The summed E-state index contributed by atoms with van der Waals surface area (Å²) < 4.78 is 118. The number of hydrogen-bond donors (Lipinski definition) is 0. The molecule has 0 N–H and O–H groups in total. The molecular weight excluding hydrogens is 1280 g/mol. The number of rotatable bonds is 20. The zero-order chi connectivity index (χ0) is 61.7. The molecule has 8 heterocycles. The maximum Gasteiger partial charge on any atom is 4.00 e. The molecule has 0 bridgehead atoms. The first-order valence-corrected chi connectivity index (χ1v) is 30.1. The van der Waals surface area contributed by atoms with Crippen LogP contribution in [0.2, 0.25) is 0 Å². The predicted octanol–water partition coefficient (Wildman–Crippen LogP) is 18.1. The molecule has 0 aliphatic heterocycles. The zero-order valence-corrected chi connectivity index (χ0v) is 49.4. The van der Waals surface area contributed by atoms with Gasteiger partial charge in [0, 0.05) is 72.3 Å². The van der Waals surface area contributed by atoms with Gasteiger partial charge in [0.25, 0.3) is 0 Å². The van der Waals surface area contributed by atoms with Gasteiger partial charge in [0.1, 0.15) is 0 Å². The monoisotopic (exact) mass is 1340 g/mol. The molecule has 0 amide bonds. The van der Waals surface area contributed by atoms with E-state index < -0.39 is 15.6 Å². The van der Waals surface area contributed by atoms with Crippen molar-refractivity contribution in [3.8, 4) is 0 Å². The Balaban J connectivity index is 0.000000226. The van der Waals surface area contributed by atoms with Crippen molar-refractivity contribution in [2.75, 3.05) is 19.6 Å². The molecule has 0 fully saturated rings. The summed E-state index contributed by atoms with van der Waals surface area (Å²) in [5, 5.41) is 0. The Labute approximate surface area is 507 Å². The Hall–Kier alpha value is -8.52. The van der Waals surface area contributed by atoms with Gasteiger partial charge >= 0.3 is 85.5 Å². The van der Waals surface area contributed by atoms with Crippen molar-refractivity contribution < 1.29 is 69.8 Å². The van der Waals surface area contributed by atoms with E-state index in [-0.39, 0.29) is 19.5 Å². The standard InChI is InChI=1S/2C30H28N6.2F6P.Ru/c2*1-5-17-31-25(9-1)21-35(22-26-10-2-6-18-32-26)29-13-15-30(16-14-29)36(23-27-11-3-7-19-33-27)24-28-12-4-8-20-34-28;2*1-7(2,3,4,5)6;/h2*1-20H,21-24H2;;;/q;;2*-1;+4. The van der Waals surface area contributed by atoms with Gasteiger partial charge in [-0.15, -0.1) is 0 Å². The molecule has 12 nitrogen and oxygen atoms in total. The zero-order valence-electron chi connectivity index (χ0n) is 45.9. The molecule has 27 heteroatoms. The maximum atomic E-state index is 9.87. The van der Waals surface area contributed by atoms with Gasteiger partial charge in [0.05, 0.1) is 97.9 Å². The fourth-order valence-electron chi connectivity index (χ4n) is 8.20.